The third kappa shape index (κ3) is 5.91. The quantitative estimate of drug-likeness (QED) is 0.661. The molecule has 0 bridgehead atoms. The Morgan fingerprint density at radius 3 is 2.24 bits per heavy atom. The molecule has 1 N–H and O–H groups in total. The Morgan fingerprint density at radius 1 is 1.14 bits per heavy atom. The van der Waals surface area contributed by atoms with Crippen LogP contribution in [0.1, 0.15) is 10.4 Å². The van der Waals surface area contributed by atoms with E-state index in [1.807, 2.05) is 0 Å². The highest BCUT2D eigenvalue weighted by Crippen LogP contribution is 2.35. The molecule has 0 unspecified atom stereocenters. The van der Waals surface area contributed by atoms with E-state index in [4.69, 9.17) is 37.8 Å². The number of amides is 1. The van der Waals surface area contributed by atoms with E-state index >= 15 is 0 Å². The molecule has 0 aliphatic heterocycles. The van der Waals surface area contributed by atoms with Gasteiger partial charge in [-0.15, -0.1) is 0 Å². The molecule has 29 heavy (non-hydrogen) atoms. The SMILES string of the molecule is COc1ccccc1N(CC(F)(F)F)C(=O)COc1c(Cl)cc(C(=O)O)cc1Cl. The lowest BCUT2D eigenvalue weighted by molar-refractivity contribution is -0.133. The van der Waals surface area contributed by atoms with Gasteiger partial charge in [0.1, 0.15) is 12.3 Å². The summed E-state index contributed by atoms with van der Waals surface area (Å²) < 4.78 is 49.3. The molecular formula is C18H14Cl2F3NO5. The van der Waals surface area contributed by atoms with E-state index in [1.54, 1.807) is 6.07 Å². The average Bonchev–Trinajstić information content (AvgIpc) is 2.64. The molecule has 156 valence electrons. The first kappa shape index (κ1) is 22.6. The summed E-state index contributed by atoms with van der Waals surface area (Å²) in [7, 11) is 1.26. The van der Waals surface area contributed by atoms with Crippen molar-refractivity contribution in [3.63, 3.8) is 0 Å². The first-order valence-electron chi connectivity index (χ1n) is 7.88. The highest BCUT2D eigenvalue weighted by atomic mass is 35.5. The van der Waals surface area contributed by atoms with Crippen molar-refractivity contribution < 1.29 is 37.3 Å². The van der Waals surface area contributed by atoms with Crippen LogP contribution in [0.25, 0.3) is 0 Å². The molecule has 0 radical (unpaired) electrons. The maximum Gasteiger partial charge on any atom is 0.406 e. The van der Waals surface area contributed by atoms with Gasteiger partial charge in [-0.05, 0) is 24.3 Å². The summed E-state index contributed by atoms with van der Waals surface area (Å²) in [6, 6.07) is 7.79. The van der Waals surface area contributed by atoms with E-state index in [1.165, 1.54) is 25.3 Å². The summed E-state index contributed by atoms with van der Waals surface area (Å²) in [5.74, 6) is -2.49. The maximum atomic E-state index is 13.0. The number of ether oxygens (including phenoxy) is 2. The number of carbonyl (C=O) groups excluding carboxylic acids is 1. The predicted octanol–water partition coefficient (Wildman–Crippen LogP) is 4.67. The van der Waals surface area contributed by atoms with Gasteiger partial charge in [-0.25, -0.2) is 4.79 Å². The molecule has 0 heterocycles. The fourth-order valence-electron chi connectivity index (χ4n) is 2.37. The zero-order chi connectivity index (χ0) is 21.8. The lowest BCUT2D eigenvalue weighted by atomic mass is 10.2. The van der Waals surface area contributed by atoms with Crippen molar-refractivity contribution in [1.29, 1.82) is 0 Å². The number of nitrogens with zero attached hydrogens (tertiary/aromatic N) is 1. The lowest BCUT2D eigenvalue weighted by Crippen LogP contribution is -2.41. The number of benzene rings is 2. The van der Waals surface area contributed by atoms with Crippen LogP contribution in [0.15, 0.2) is 36.4 Å². The zero-order valence-electron chi connectivity index (χ0n) is 14.8. The molecule has 2 aromatic carbocycles. The molecule has 0 fully saturated rings. The summed E-state index contributed by atoms with van der Waals surface area (Å²) in [6.45, 7) is -2.41. The van der Waals surface area contributed by atoms with E-state index in [0.717, 1.165) is 12.1 Å². The first-order valence-corrected chi connectivity index (χ1v) is 8.64. The number of carboxylic acids is 1. The van der Waals surface area contributed by atoms with Crippen molar-refractivity contribution in [2.75, 3.05) is 25.2 Å². The Balaban J connectivity index is 2.28. The number of anilines is 1. The Labute approximate surface area is 173 Å². The number of carboxylic acid groups (broad SMARTS) is 1. The second-order valence-corrected chi connectivity index (χ2v) is 6.44. The molecule has 0 saturated carbocycles. The van der Waals surface area contributed by atoms with Gasteiger partial charge in [0.2, 0.25) is 0 Å². The molecule has 0 aliphatic rings. The van der Waals surface area contributed by atoms with Crippen molar-refractivity contribution in [1.82, 2.24) is 0 Å². The van der Waals surface area contributed by atoms with Crippen molar-refractivity contribution in [2.45, 2.75) is 6.18 Å². The minimum absolute atomic E-state index is 0.0620. The third-order valence-corrected chi connectivity index (χ3v) is 4.16. The molecule has 1 amide bonds. The van der Waals surface area contributed by atoms with Crippen LogP contribution in [-0.2, 0) is 4.79 Å². The number of para-hydroxylation sites is 2. The Morgan fingerprint density at radius 2 is 1.72 bits per heavy atom. The van der Waals surface area contributed by atoms with Gasteiger partial charge in [-0.3, -0.25) is 9.69 Å². The number of hydrogen-bond donors (Lipinski definition) is 1. The van der Waals surface area contributed by atoms with Gasteiger partial charge in [-0.1, -0.05) is 35.3 Å². The van der Waals surface area contributed by atoms with Crippen LogP contribution in [0.3, 0.4) is 0 Å². The number of rotatable bonds is 7. The fraction of sp³-hybridized carbons (Fsp3) is 0.222. The molecule has 0 aliphatic carbocycles. The topological polar surface area (TPSA) is 76.1 Å². The van der Waals surface area contributed by atoms with Crippen molar-refractivity contribution in [3.05, 3.63) is 52.0 Å². The van der Waals surface area contributed by atoms with E-state index in [-0.39, 0.29) is 32.8 Å². The number of aromatic carboxylic acids is 1. The molecular weight excluding hydrogens is 438 g/mol. The minimum Gasteiger partial charge on any atom is -0.495 e. The highest BCUT2D eigenvalue weighted by Gasteiger charge is 2.35. The summed E-state index contributed by atoms with van der Waals surface area (Å²) in [5, 5.41) is 8.55. The van der Waals surface area contributed by atoms with Crippen LogP contribution in [0.2, 0.25) is 10.0 Å². The number of alkyl halides is 3. The van der Waals surface area contributed by atoms with E-state index in [2.05, 4.69) is 0 Å². The van der Waals surface area contributed by atoms with Crippen LogP contribution in [0, 0.1) is 0 Å². The molecule has 0 spiro atoms. The van der Waals surface area contributed by atoms with Gasteiger partial charge in [0.25, 0.3) is 5.91 Å². The third-order valence-electron chi connectivity index (χ3n) is 3.60. The second-order valence-electron chi connectivity index (χ2n) is 5.63. The number of halogens is 5. The smallest absolute Gasteiger partial charge is 0.406 e. The maximum absolute atomic E-state index is 13.0. The summed E-state index contributed by atoms with van der Waals surface area (Å²) in [6.07, 6.45) is -4.69. The Hall–Kier alpha value is -2.65. The Bertz CT molecular complexity index is 898. The van der Waals surface area contributed by atoms with Crippen LogP contribution in [-0.4, -0.2) is 43.4 Å². The number of methoxy groups -OCH3 is 1. The zero-order valence-corrected chi connectivity index (χ0v) is 16.3. The van der Waals surface area contributed by atoms with Gasteiger partial charge < -0.3 is 14.6 Å². The second kappa shape index (κ2) is 9.23. The van der Waals surface area contributed by atoms with Gasteiger partial charge in [0.15, 0.2) is 12.4 Å². The van der Waals surface area contributed by atoms with Crippen LogP contribution in [0.5, 0.6) is 11.5 Å². The predicted molar refractivity (Wildman–Crippen MR) is 100 cm³/mol. The molecule has 2 rings (SSSR count). The monoisotopic (exact) mass is 451 g/mol. The molecule has 0 aromatic heterocycles. The molecule has 2 aromatic rings. The van der Waals surface area contributed by atoms with E-state index in [9.17, 15) is 22.8 Å². The Kier molecular flexibility index (Phi) is 7.21. The van der Waals surface area contributed by atoms with Crippen LogP contribution in [0.4, 0.5) is 18.9 Å². The van der Waals surface area contributed by atoms with Gasteiger partial charge in [-0.2, -0.15) is 13.2 Å². The van der Waals surface area contributed by atoms with Crippen LogP contribution < -0.4 is 14.4 Å². The fourth-order valence-corrected chi connectivity index (χ4v) is 2.97. The molecule has 0 saturated heterocycles. The van der Waals surface area contributed by atoms with Crippen molar-refractivity contribution in [3.8, 4) is 11.5 Å². The average molecular weight is 452 g/mol. The molecule has 6 nitrogen and oxygen atoms in total. The first-order chi connectivity index (χ1) is 13.5. The van der Waals surface area contributed by atoms with Crippen LogP contribution >= 0.6 is 23.2 Å². The number of carbonyl (C=O) groups is 2. The van der Waals surface area contributed by atoms with E-state index in [0.29, 0.717) is 4.90 Å². The van der Waals surface area contributed by atoms with E-state index < -0.39 is 31.2 Å². The van der Waals surface area contributed by atoms with Crippen molar-refractivity contribution >= 4 is 40.8 Å². The van der Waals surface area contributed by atoms with Crippen molar-refractivity contribution in [2.24, 2.45) is 0 Å². The summed E-state index contributed by atoms with van der Waals surface area (Å²) in [4.78, 5) is 24.0. The van der Waals surface area contributed by atoms with Gasteiger partial charge in [0, 0.05) is 0 Å². The summed E-state index contributed by atoms with van der Waals surface area (Å²) >= 11 is 11.8. The lowest BCUT2D eigenvalue weighted by Gasteiger charge is -2.25. The largest absolute Gasteiger partial charge is 0.495 e. The minimum atomic E-state index is -4.69. The highest BCUT2D eigenvalue weighted by molar-refractivity contribution is 6.37. The standard InChI is InChI=1S/C18H14Cl2F3NO5/c1-28-14-5-3-2-4-13(14)24(9-18(21,22)23)15(25)8-29-16-11(19)6-10(17(26)27)7-12(16)20/h2-7H,8-9H2,1H3,(H,26,27). The summed E-state index contributed by atoms with van der Waals surface area (Å²) in [5.41, 5.74) is -0.314. The number of hydrogen-bond acceptors (Lipinski definition) is 4. The molecule has 11 heteroatoms. The normalized spacial score (nSPS) is 11.1. The van der Waals surface area contributed by atoms with Gasteiger partial charge >= 0.3 is 12.1 Å². The molecule has 0 atom stereocenters. The van der Waals surface area contributed by atoms with Gasteiger partial charge in [0.05, 0.1) is 28.4 Å².